The summed E-state index contributed by atoms with van der Waals surface area (Å²) in [5.41, 5.74) is 1.78. The fourth-order valence-electron chi connectivity index (χ4n) is 4.66. The summed E-state index contributed by atoms with van der Waals surface area (Å²) in [4.78, 5) is 55.8. The standard InChI is InChI=1S/C26H30N4O4/c1-29-17-23(31)27-20(15-18-9-4-2-5-10-18)24(32)28-21(16-19-11-6-3-7-12-19)25(33)30-14-8-13-22(30)26(29)34/h2-7,9-12,20-22H,8,13-17H2,1H3,(H,27,31)(H,28,32)/t20-,21+,22-/m0/s1. The van der Waals surface area contributed by atoms with Gasteiger partial charge in [0.2, 0.25) is 23.6 Å². The summed E-state index contributed by atoms with van der Waals surface area (Å²) in [6.45, 7) is 0.271. The summed E-state index contributed by atoms with van der Waals surface area (Å²) in [6, 6.07) is 16.5. The Labute approximate surface area is 199 Å². The first kappa shape index (κ1) is 23.5. The Morgan fingerprint density at radius 3 is 2.00 bits per heavy atom. The third-order valence-corrected chi connectivity index (χ3v) is 6.41. The van der Waals surface area contributed by atoms with Crippen molar-refractivity contribution in [1.82, 2.24) is 20.4 Å². The van der Waals surface area contributed by atoms with Crippen molar-refractivity contribution in [2.45, 2.75) is 43.8 Å². The van der Waals surface area contributed by atoms with Crippen LogP contribution in [0.1, 0.15) is 24.0 Å². The van der Waals surface area contributed by atoms with Crippen molar-refractivity contribution in [3.8, 4) is 0 Å². The molecule has 0 aliphatic carbocycles. The summed E-state index contributed by atoms with van der Waals surface area (Å²) in [5.74, 6) is -1.36. The second-order valence-corrected chi connectivity index (χ2v) is 8.94. The first-order valence-corrected chi connectivity index (χ1v) is 11.7. The highest BCUT2D eigenvalue weighted by molar-refractivity contribution is 5.97. The van der Waals surface area contributed by atoms with E-state index in [0.29, 0.717) is 25.8 Å². The van der Waals surface area contributed by atoms with Gasteiger partial charge < -0.3 is 20.4 Å². The second kappa shape index (κ2) is 10.5. The van der Waals surface area contributed by atoms with E-state index in [1.807, 2.05) is 60.7 Å². The van der Waals surface area contributed by atoms with Crippen LogP contribution in [0.4, 0.5) is 0 Å². The molecular formula is C26H30N4O4. The first-order chi connectivity index (χ1) is 16.4. The minimum absolute atomic E-state index is 0.177. The lowest BCUT2D eigenvalue weighted by atomic mass is 10.0. The number of benzene rings is 2. The first-order valence-electron chi connectivity index (χ1n) is 11.7. The molecule has 4 rings (SSSR count). The van der Waals surface area contributed by atoms with Crippen molar-refractivity contribution in [3.05, 3.63) is 71.8 Å². The van der Waals surface area contributed by atoms with Gasteiger partial charge in [-0.2, -0.15) is 0 Å². The van der Waals surface area contributed by atoms with Crippen molar-refractivity contribution in [2.75, 3.05) is 20.1 Å². The van der Waals surface area contributed by atoms with Crippen molar-refractivity contribution < 1.29 is 19.2 Å². The van der Waals surface area contributed by atoms with Crippen molar-refractivity contribution >= 4 is 23.6 Å². The topological polar surface area (TPSA) is 98.8 Å². The normalized spacial score (nSPS) is 24.1. The van der Waals surface area contributed by atoms with Gasteiger partial charge in [-0.3, -0.25) is 19.2 Å². The molecule has 8 heteroatoms. The maximum Gasteiger partial charge on any atom is 0.246 e. The van der Waals surface area contributed by atoms with Crippen LogP contribution in [0, 0.1) is 0 Å². The molecule has 3 atom stereocenters. The van der Waals surface area contributed by atoms with E-state index in [2.05, 4.69) is 10.6 Å². The highest BCUT2D eigenvalue weighted by Crippen LogP contribution is 2.21. The molecule has 2 aliphatic rings. The van der Waals surface area contributed by atoms with Crippen LogP contribution < -0.4 is 10.6 Å². The number of carbonyl (C=O) groups is 4. The monoisotopic (exact) mass is 462 g/mol. The van der Waals surface area contributed by atoms with Gasteiger partial charge in [-0.05, 0) is 24.0 Å². The molecule has 2 aliphatic heterocycles. The number of nitrogens with zero attached hydrogens (tertiary/aromatic N) is 2. The Bertz CT molecular complexity index is 1040. The molecule has 2 saturated heterocycles. The molecule has 0 spiro atoms. The molecule has 2 aromatic carbocycles. The molecule has 0 aromatic heterocycles. The molecule has 2 heterocycles. The summed E-state index contributed by atoms with van der Waals surface area (Å²) >= 11 is 0. The maximum atomic E-state index is 13.6. The highest BCUT2D eigenvalue weighted by Gasteiger charge is 2.40. The molecule has 8 nitrogen and oxygen atoms in total. The van der Waals surface area contributed by atoms with Crippen LogP contribution in [-0.2, 0) is 32.0 Å². The SMILES string of the molecule is CN1CC(=O)N[C@@H](Cc2ccccc2)C(=O)N[C@H](Cc2ccccc2)C(=O)N2CCC[C@H]2C1=O. The molecule has 2 N–H and O–H groups in total. The summed E-state index contributed by atoms with van der Waals surface area (Å²) in [5, 5.41) is 5.67. The van der Waals surface area contributed by atoms with E-state index in [4.69, 9.17) is 0 Å². The predicted octanol–water partition coefficient (Wildman–Crippen LogP) is 0.904. The van der Waals surface area contributed by atoms with Gasteiger partial charge >= 0.3 is 0 Å². The van der Waals surface area contributed by atoms with E-state index < -0.39 is 29.9 Å². The van der Waals surface area contributed by atoms with Crippen LogP contribution in [-0.4, -0.2) is 71.7 Å². The number of likely N-dealkylation sites (N-methyl/N-ethyl adjacent to an activating group) is 1. The van der Waals surface area contributed by atoms with Gasteiger partial charge in [0, 0.05) is 26.4 Å². The number of hydrogen-bond donors (Lipinski definition) is 2. The van der Waals surface area contributed by atoms with Crippen molar-refractivity contribution in [2.24, 2.45) is 0 Å². The largest absolute Gasteiger partial charge is 0.342 e. The van der Waals surface area contributed by atoms with Crippen molar-refractivity contribution in [1.29, 1.82) is 0 Å². The quantitative estimate of drug-likeness (QED) is 0.706. The second-order valence-electron chi connectivity index (χ2n) is 8.94. The number of carbonyl (C=O) groups excluding carboxylic acids is 4. The van der Waals surface area contributed by atoms with E-state index >= 15 is 0 Å². The van der Waals surface area contributed by atoms with Crippen LogP contribution in [0.2, 0.25) is 0 Å². The Balaban J connectivity index is 1.66. The molecule has 0 unspecified atom stereocenters. The van der Waals surface area contributed by atoms with E-state index in [-0.39, 0.29) is 24.8 Å². The lowest BCUT2D eigenvalue weighted by Gasteiger charge is -2.33. The average Bonchev–Trinajstić information content (AvgIpc) is 3.33. The average molecular weight is 463 g/mol. The van der Waals surface area contributed by atoms with Crippen molar-refractivity contribution in [3.63, 3.8) is 0 Å². The van der Waals surface area contributed by atoms with Crippen LogP contribution in [0.15, 0.2) is 60.7 Å². The Hall–Kier alpha value is -3.68. The minimum atomic E-state index is -0.877. The molecule has 0 bridgehead atoms. The van der Waals surface area contributed by atoms with E-state index in [1.54, 1.807) is 11.9 Å². The lowest BCUT2D eigenvalue weighted by Crippen LogP contribution is -2.60. The molecule has 2 fully saturated rings. The third kappa shape index (κ3) is 5.44. The van der Waals surface area contributed by atoms with Gasteiger partial charge in [-0.15, -0.1) is 0 Å². The number of fused-ring (bicyclic) bond motifs is 1. The molecule has 178 valence electrons. The minimum Gasteiger partial charge on any atom is -0.342 e. The van der Waals surface area contributed by atoms with E-state index in [1.165, 1.54) is 4.90 Å². The molecule has 4 amide bonds. The Morgan fingerprint density at radius 2 is 1.38 bits per heavy atom. The summed E-state index contributed by atoms with van der Waals surface area (Å²) in [6.07, 6.45) is 1.81. The van der Waals surface area contributed by atoms with Gasteiger partial charge in [-0.1, -0.05) is 60.7 Å². The van der Waals surface area contributed by atoms with Crippen LogP contribution in [0.25, 0.3) is 0 Å². The molecule has 0 radical (unpaired) electrons. The Morgan fingerprint density at radius 1 is 0.794 bits per heavy atom. The maximum absolute atomic E-state index is 13.6. The lowest BCUT2D eigenvalue weighted by molar-refractivity contribution is -0.147. The number of hydrogen-bond acceptors (Lipinski definition) is 4. The van der Waals surface area contributed by atoms with Crippen LogP contribution >= 0.6 is 0 Å². The summed E-state index contributed by atoms with van der Waals surface area (Å²) in [7, 11) is 1.56. The molecule has 34 heavy (non-hydrogen) atoms. The van der Waals surface area contributed by atoms with Crippen LogP contribution in [0.5, 0.6) is 0 Å². The van der Waals surface area contributed by atoms with Gasteiger partial charge in [0.15, 0.2) is 0 Å². The third-order valence-electron chi connectivity index (χ3n) is 6.41. The molecular weight excluding hydrogens is 432 g/mol. The number of nitrogens with one attached hydrogen (secondary N) is 2. The molecule has 0 saturated carbocycles. The fourth-order valence-corrected chi connectivity index (χ4v) is 4.66. The van der Waals surface area contributed by atoms with Crippen LogP contribution in [0.3, 0.4) is 0 Å². The zero-order valence-corrected chi connectivity index (χ0v) is 19.3. The highest BCUT2D eigenvalue weighted by atomic mass is 16.2. The van der Waals surface area contributed by atoms with Gasteiger partial charge in [-0.25, -0.2) is 0 Å². The molecule has 2 aromatic rings. The van der Waals surface area contributed by atoms with Gasteiger partial charge in [0.05, 0.1) is 6.54 Å². The summed E-state index contributed by atoms with van der Waals surface area (Å²) < 4.78 is 0. The predicted molar refractivity (Wildman–Crippen MR) is 127 cm³/mol. The van der Waals surface area contributed by atoms with Gasteiger partial charge in [0.1, 0.15) is 18.1 Å². The fraction of sp³-hybridized carbons (Fsp3) is 0.385. The van der Waals surface area contributed by atoms with E-state index in [9.17, 15) is 19.2 Å². The van der Waals surface area contributed by atoms with Gasteiger partial charge in [0.25, 0.3) is 0 Å². The number of amides is 4. The number of rotatable bonds is 4. The van der Waals surface area contributed by atoms with E-state index in [0.717, 1.165) is 11.1 Å². The zero-order valence-electron chi connectivity index (χ0n) is 19.3. The smallest absolute Gasteiger partial charge is 0.246 e. The zero-order chi connectivity index (χ0) is 24.1. The Kier molecular flexibility index (Phi) is 7.25.